The van der Waals surface area contributed by atoms with Gasteiger partial charge in [-0.15, -0.1) is 0 Å². The average molecular weight is 279 g/mol. The van der Waals surface area contributed by atoms with Crippen LogP contribution in [0.25, 0.3) is 0 Å². The predicted octanol–water partition coefficient (Wildman–Crippen LogP) is 3.19. The number of nitrogens with one attached hydrogen (secondary N) is 1. The second kappa shape index (κ2) is 7.29. The summed E-state index contributed by atoms with van der Waals surface area (Å²) in [6.07, 6.45) is -1.89. The van der Waals surface area contributed by atoms with E-state index in [9.17, 15) is 9.90 Å². The van der Waals surface area contributed by atoms with E-state index in [0.717, 1.165) is 11.1 Å². The topological polar surface area (TPSA) is 58.6 Å². The van der Waals surface area contributed by atoms with Crippen LogP contribution in [0.3, 0.4) is 0 Å². The molecule has 0 heterocycles. The number of carbonyl (C=O) groups excluding carboxylic acids is 1. The summed E-state index contributed by atoms with van der Waals surface area (Å²) in [6.45, 7) is 9.51. The lowest BCUT2D eigenvalue weighted by Crippen LogP contribution is -2.38. The number of benzene rings is 1. The van der Waals surface area contributed by atoms with Crippen molar-refractivity contribution < 1.29 is 14.6 Å². The van der Waals surface area contributed by atoms with E-state index in [1.54, 1.807) is 0 Å². The number of aliphatic hydroxyl groups excluding tert-OH is 1. The Kier molecular flexibility index (Phi) is 6.02. The van der Waals surface area contributed by atoms with Gasteiger partial charge >= 0.3 is 6.09 Å². The van der Waals surface area contributed by atoms with Gasteiger partial charge in [0, 0.05) is 6.04 Å². The van der Waals surface area contributed by atoms with Crippen LogP contribution in [0.5, 0.6) is 0 Å². The van der Waals surface area contributed by atoms with Crippen molar-refractivity contribution >= 4 is 6.09 Å². The van der Waals surface area contributed by atoms with Crippen LogP contribution in [0.4, 0.5) is 4.79 Å². The molecule has 0 spiro atoms. The highest BCUT2D eigenvalue weighted by molar-refractivity contribution is 5.67. The third-order valence-electron chi connectivity index (χ3n) is 3.13. The molecule has 4 heteroatoms. The Morgan fingerprint density at radius 2 is 1.80 bits per heavy atom. The van der Waals surface area contributed by atoms with Crippen LogP contribution in [0, 0.1) is 12.8 Å². The van der Waals surface area contributed by atoms with Crippen molar-refractivity contribution in [2.24, 2.45) is 5.92 Å². The average Bonchev–Trinajstić information content (AvgIpc) is 2.34. The lowest BCUT2D eigenvalue weighted by molar-refractivity contribution is -0.0237. The Hall–Kier alpha value is -1.55. The molecule has 20 heavy (non-hydrogen) atoms. The highest BCUT2D eigenvalue weighted by Gasteiger charge is 2.28. The first-order valence-corrected chi connectivity index (χ1v) is 7.03. The van der Waals surface area contributed by atoms with Gasteiger partial charge in [-0.2, -0.15) is 0 Å². The van der Waals surface area contributed by atoms with Gasteiger partial charge in [-0.3, -0.25) is 0 Å². The number of aryl methyl sites for hydroxylation is 1. The Morgan fingerprint density at radius 1 is 1.20 bits per heavy atom. The van der Waals surface area contributed by atoms with E-state index in [4.69, 9.17) is 4.74 Å². The number of hydrogen-bond acceptors (Lipinski definition) is 3. The van der Waals surface area contributed by atoms with Gasteiger partial charge < -0.3 is 15.2 Å². The molecule has 0 aliphatic carbocycles. The van der Waals surface area contributed by atoms with E-state index in [2.05, 4.69) is 5.32 Å². The maximum absolute atomic E-state index is 11.7. The maximum Gasteiger partial charge on any atom is 0.407 e. The number of alkyl carbamates (subject to hydrolysis) is 1. The molecule has 2 atom stereocenters. The fraction of sp³-hybridized carbons (Fsp3) is 0.562. The Bertz CT molecular complexity index is 443. The molecule has 2 N–H and O–H groups in total. The summed E-state index contributed by atoms with van der Waals surface area (Å²) in [4.78, 5) is 11.7. The molecule has 1 amide bonds. The molecule has 2 unspecified atom stereocenters. The zero-order valence-electron chi connectivity index (χ0n) is 12.9. The smallest absolute Gasteiger partial charge is 0.407 e. The standard InChI is InChI=1S/C16H25NO3/c1-10(2)15(20-16(19)17-11(3)4)14(18)13-9-7-6-8-12(13)5/h6-11,14-15,18H,1-5H3,(H,17,19). The third kappa shape index (κ3) is 4.53. The first-order valence-electron chi connectivity index (χ1n) is 7.03. The van der Waals surface area contributed by atoms with Gasteiger partial charge in [0.05, 0.1) is 0 Å². The minimum absolute atomic E-state index is 0.00548. The monoisotopic (exact) mass is 279 g/mol. The zero-order chi connectivity index (χ0) is 15.3. The summed E-state index contributed by atoms with van der Waals surface area (Å²) in [5.74, 6) is 0.0162. The summed E-state index contributed by atoms with van der Waals surface area (Å²) in [6, 6.07) is 7.59. The maximum atomic E-state index is 11.7. The Labute approximate surface area is 121 Å². The normalized spacial score (nSPS) is 14.2. The summed E-state index contributed by atoms with van der Waals surface area (Å²) >= 11 is 0. The molecule has 0 bridgehead atoms. The van der Waals surface area contributed by atoms with Crippen LogP contribution in [0.15, 0.2) is 24.3 Å². The van der Waals surface area contributed by atoms with Gasteiger partial charge in [-0.05, 0) is 37.8 Å². The fourth-order valence-electron chi connectivity index (χ4n) is 2.05. The lowest BCUT2D eigenvalue weighted by atomic mass is 9.93. The van der Waals surface area contributed by atoms with Crippen molar-refractivity contribution in [3.63, 3.8) is 0 Å². The van der Waals surface area contributed by atoms with E-state index < -0.39 is 18.3 Å². The van der Waals surface area contributed by atoms with Gasteiger partial charge in [0.25, 0.3) is 0 Å². The highest BCUT2D eigenvalue weighted by Crippen LogP contribution is 2.27. The Morgan fingerprint density at radius 3 is 2.30 bits per heavy atom. The molecule has 112 valence electrons. The fourth-order valence-corrected chi connectivity index (χ4v) is 2.05. The molecule has 0 aliphatic rings. The van der Waals surface area contributed by atoms with Crippen molar-refractivity contribution in [3.8, 4) is 0 Å². The highest BCUT2D eigenvalue weighted by atomic mass is 16.6. The quantitative estimate of drug-likeness (QED) is 0.870. The third-order valence-corrected chi connectivity index (χ3v) is 3.13. The molecule has 1 aromatic rings. The summed E-state index contributed by atoms with van der Waals surface area (Å²) in [5, 5.41) is 13.2. The second-order valence-corrected chi connectivity index (χ2v) is 5.71. The van der Waals surface area contributed by atoms with Gasteiger partial charge in [-0.25, -0.2) is 4.79 Å². The van der Waals surface area contributed by atoms with Crippen molar-refractivity contribution in [1.29, 1.82) is 0 Å². The molecule has 4 nitrogen and oxygen atoms in total. The van der Waals surface area contributed by atoms with Crippen molar-refractivity contribution in [2.75, 3.05) is 0 Å². The van der Waals surface area contributed by atoms with Crippen molar-refractivity contribution in [3.05, 3.63) is 35.4 Å². The number of carbonyl (C=O) groups is 1. The van der Waals surface area contributed by atoms with E-state index in [-0.39, 0.29) is 12.0 Å². The first-order chi connectivity index (χ1) is 9.32. The van der Waals surface area contributed by atoms with Crippen molar-refractivity contribution in [1.82, 2.24) is 5.32 Å². The van der Waals surface area contributed by atoms with Crippen LogP contribution in [0.2, 0.25) is 0 Å². The first kappa shape index (κ1) is 16.5. The molecule has 0 saturated carbocycles. The number of ether oxygens (including phenoxy) is 1. The number of amides is 1. The minimum Gasteiger partial charge on any atom is -0.443 e. The summed E-state index contributed by atoms with van der Waals surface area (Å²) in [7, 11) is 0. The lowest BCUT2D eigenvalue weighted by Gasteiger charge is -2.28. The molecule has 0 aliphatic heterocycles. The van der Waals surface area contributed by atoms with E-state index in [1.807, 2.05) is 58.9 Å². The molecular formula is C16H25NO3. The van der Waals surface area contributed by atoms with E-state index in [1.165, 1.54) is 0 Å². The summed E-state index contributed by atoms with van der Waals surface area (Å²) in [5.41, 5.74) is 1.78. The molecular weight excluding hydrogens is 254 g/mol. The second-order valence-electron chi connectivity index (χ2n) is 5.71. The zero-order valence-corrected chi connectivity index (χ0v) is 12.9. The molecule has 1 rings (SSSR count). The predicted molar refractivity (Wildman–Crippen MR) is 79.5 cm³/mol. The molecule has 0 saturated heterocycles. The molecule has 1 aromatic carbocycles. The van der Waals surface area contributed by atoms with Crippen molar-refractivity contribution in [2.45, 2.75) is 52.9 Å². The van der Waals surface area contributed by atoms with Crippen LogP contribution in [-0.4, -0.2) is 23.3 Å². The SMILES string of the molecule is Cc1ccccc1C(O)C(OC(=O)NC(C)C)C(C)C. The van der Waals surface area contributed by atoms with Crippen LogP contribution in [-0.2, 0) is 4.74 Å². The largest absolute Gasteiger partial charge is 0.443 e. The van der Waals surface area contributed by atoms with E-state index in [0.29, 0.717) is 0 Å². The van der Waals surface area contributed by atoms with Gasteiger partial charge in [-0.1, -0.05) is 38.1 Å². The van der Waals surface area contributed by atoms with Gasteiger partial charge in [0.1, 0.15) is 12.2 Å². The molecule has 0 aromatic heterocycles. The number of hydrogen-bond donors (Lipinski definition) is 2. The number of aliphatic hydroxyl groups is 1. The molecule has 0 radical (unpaired) electrons. The number of rotatable bonds is 5. The van der Waals surface area contributed by atoms with Crippen LogP contribution < -0.4 is 5.32 Å². The Balaban J connectivity index is 2.86. The summed E-state index contributed by atoms with van der Waals surface area (Å²) < 4.78 is 5.39. The van der Waals surface area contributed by atoms with Gasteiger partial charge in [0.2, 0.25) is 0 Å². The minimum atomic E-state index is -0.825. The van der Waals surface area contributed by atoms with Crippen LogP contribution in [0.1, 0.15) is 44.9 Å². The molecule has 0 fully saturated rings. The van der Waals surface area contributed by atoms with Crippen LogP contribution >= 0.6 is 0 Å². The van der Waals surface area contributed by atoms with Gasteiger partial charge in [0.15, 0.2) is 0 Å². The van der Waals surface area contributed by atoms with E-state index >= 15 is 0 Å².